The first-order valence-corrected chi connectivity index (χ1v) is 8.68. The van der Waals surface area contributed by atoms with Crippen LogP contribution in [0.3, 0.4) is 0 Å². The fraction of sp³-hybridized carbons (Fsp3) is 0.158. The van der Waals surface area contributed by atoms with Crippen molar-refractivity contribution in [2.45, 2.75) is 20.6 Å². The third-order valence-corrected chi connectivity index (χ3v) is 4.72. The normalized spacial score (nSPS) is 10.6. The molecule has 134 valence electrons. The molecule has 26 heavy (non-hydrogen) atoms. The van der Waals surface area contributed by atoms with Gasteiger partial charge in [0.1, 0.15) is 5.75 Å². The summed E-state index contributed by atoms with van der Waals surface area (Å²) in [7, 11) is 0. The molecule has 0 saturated heterocycles. The molecule has 0 saturated carbocycles. The Morgan fingerprint density at radius 3 is 2.73 bits per heavy atom. The van der Waals surface area contributed by atoms with Gasteiger partial charge in [-0.2, -0.15) is 5.10 Å². The Balaban J connectivity index is 1.64. The molecule has 0 atom stereocenters. The summed E-state index contributed by atoms with van der Waals surface area (Å²) in [6.07, 6.45) is 1.68. The van der Waals surface area contributed by atoms with Gasteiger partial charge in [-0.05, 0) is 61.4 Å². The number of rotatable bonds is 5. The van der Waals surface area contributed by atoms with Crippen LogP contribution in [-0.4, -0.2) is 15.7 Å². The zero-order chi connectivity index (χ0) is 18.7. The third-order valence-electron chi connectivity index (χ3n) is 3.88. The minimum atomic E-state index is -0.309. The van der Waals surface area contributed by atoms with Gasteiger partial charge in [-0.25, -0.2) is 4.68 Å². The van der Waals surface area contributed by atoms with E-state index in [0.717, 1.165) is 11.1 Å². The third kappa shape index (κ3) is 4.18. The number of halogens is 2. The van der Waals surface area contributed by atoms with E-state index in [9.17, 15) is 4.79 Å². The average molecular weight is 390 g/mol. The fourth-order valence-corrected chi connectivity index (χ4v) is 2.62. The van der Waals surface area contributed by atoms with Crippen molar-refractivity contribution in [2.75, 3.05) is 5.32 Å². The molecule has 3 rings (SSSR count). The summed E-state index contributed by atoms with van der Waals surface area (Å²) in [5.41, 5.74) is 2.69. The highest BCUT2D eigenvalue weighted by molar-refractivity contribution is 6.32. The van der Waals surface area contributed by atoms with E-state index in [2.05, 4.69) is 10.4 Å². The first-order valence-electron chi connectivity index (χ1n) is 7.93. The van der Waals surface area contributed by atoms with Crippen molar-refractivity contribution in [2.24, 2.45) is 0 Å². The number of nitrogens with one attached hydrogen (secondary N) is 1. The van der Waals surface area contributed by atoms with Gasteiger partial charge in [-0.1, -0.05) is 29.3 Å². The van der Waals surface area contributed by atoms with E-state index < -0.39 is 0 Å². The van der Waals surface area contributed by atoms with Gasteiger partial charge >= 0.3 is 0 Å². The predicted octanol–water partition coefficient (Wildman–Crippen LogP) is 5.10. The maximum Gasteiger partial charge on any atom is 0.276 e. The number of anilines is 1. The van der Waals surface area contributed by atoms with E-state index in [-0.39, 0.29) is 12.6 Å². The summed E-state index contributed by atoms with van der Waals surface area (Å²) in [5, 5.41) is 8.33. The molecule has 0 aliphatic carbocycles. The number of ether oxygens (including phenoxy) is 1. The number of carbonyl (C=O) groups is 1. The van der Waals surface area contributed by atoms with Crippen molar-refractivity contribution in [1.82, 2.24) is 9.78 Å². The second-order valence-electron chi connectivity index (χ2n) is 5.79. The molecule has 0 radical (unpaired) electrons. The zero-order valence-electron chi connectivity index (χ0n) is 14.3. The van der Waals surface area contributed by atoms with E-state index in [1.165, 1.54) is 0 Å². The van der Waals surface area contributed by atoms with Crippen LogP contribution in [0.4, 0.5) is 5.69 Å². The second-order valence-corrected chi connectivity index (χ2v) is 6.61. The minimum absolute atomic E-state index is 0.185. The molecule has 0 aliphatic heterocycles. The summed E-state index contributed by atoms with van der Waals surface area (Å²) >= 11 is 12.1. The molecular formula is C19H17Cl2N3O2. The van der Waals surface area contributed by atoms with Gasteiger partial charge in [0.15, 0.2) is 12.4 Å². The van der Waals surface area contributed by atoms with Crippen LogP contribution in [0, 0.1) is 13.8 Å². The van der Waals surface area contributed by atoms with Crippen molar-refractivity contribution >= 4 is 34.8 Å². The van der Waals surface area contributed by atoms with Crippen LogP contribution in [0.1, 0.15) is 21.6 Å². The number of benzene rings is 2. The number of aryl methyl sites for hydroxylation is 1. The molecule has 0 bridgehead atoms. The van der Waals surface area contributed by atoms with Crippen LogP contribution in [0.2, 0.25) is 10.0 Å². The lowest BCUT2D eigenvalue weighted by Gasteiger charge is -2.09. The van der Waals surface area contributed by atoms with E-state index in [1.54, 1.807) is 47.3 Å². The number of hydrogen-bond acceptors (Lipinski definition) is 3. The van der Waals surface area contributed by atoms with Gasteiger partial charge in [0.2, 0.25) is 0 Å². The lowest BCUT2D eigenvalue weighted by Crippen LogP contribution is -2.15. The Bertz CT molecular complexity index is 954. The lowest BCUT2D eigenvalue weighted by atomic mass is 10.2. The largest absolute Gasteiger partial charge is 0.471 e. The number of nitrogens with zero attached hydrogens (tertiary/aromatic N) is 2. The highest BCUT2D eigenvalue weighted by Crippen LogP contribution is 2.23. The molecule has 0 fully saturated rings. The topological polar surface area (TPSA) is 56.1 Å². The first-order chi connectivity index (χ1) is 12.4. The monoisotopic (exact) mass is 389 g/mol. The summed E-state index contributed by atoms with van der Waals surface area (Å²) in [6.45, 7) is 3.94. The van der Waals surface area contributed by atoms with Crippen molar-refractivity contribution in [3.05, 3.63) is 75.5 Å². The fourth-order valence-electron chi connectivity index (χ4n) is 2.33. The average Bonchev–Trinajstić information content (AvgIpc) is 3.09. The zero-order valence-corrected chi connectivity index (χ0v) is 15.8. The molecule has 3 aromatic rings. The Morgan fingerprint density at radius 2 is 1.96 bits per heavy atom. The molecule has 1 aromatic heterocycles. The molecule has 1 N–H and O–H groups in total. The van der Waals surface area contributed by atoms with Gasteiger partial charge < -0.3 is 10.1 Å². The summed E-state index contributed by atoms with van der Waals surface area (Å²) in [4.78, 5) is 12.4. The first kappa shape index (κ1) is 18.3. The molecule has 0 aliphatic rings. The number of carbonyl (C=O) groups excluding carboxylic acids is 1. The van der Waals surface area contributed by atoms with Gasteiger partial charge in [0.25, 0.3) is 5.91 Å². The molecule has 1 amide bonds. The van der Waals surface area contributed by atoms with E-state index in [4.69, 9.17) is 27.9 Å². The number of amides is 1. The minimum Gasteiger partial charge on any atom is -0.471 e. The Kier molecular flexibility index (Phi) is 5.49. The van der Waals surface area contributed by atoms with Crippen molar-refractivity contribution in [1.29, 1.82) is 0 Å². The Labute approximate surface area is 161 Å². The molecule has 5 nitrogen and oxygen atoms in total. The number of hydrogen-bond donors (Lipinski definition) is 1. The standard InChI is InChI=1S/C19H17Cl2N3O2/c1-12-10-14(6-7-15(12)20)26-11-24-9-8-18(23-24)19(25)22-17-5-3-4-16(21)13(17)2/h3-10H,11H2,1-2H3,(H,22,25). The van der Waals surface area contributed by atoms with Gasteiger partial charge in [0.05, 0.1) is 0 Å². The highest BCUT2D eigenvalue weighted by Gasteiger charge is 2.12. The SMILES string of the molecule is Cc1cc(OCn2ccc(C(=O)Nc3cccc(Cl)c3C)n2)ccc1Cl. The maximum absolute atomic E-state index is 12.4. The quantitative estimate of drug-likeness (QED) is 0.660. The van der Waals surface area contributed by atoms with E-state index in [0.29, 0.717) is 27.2 Å². The molecule has 2 aromatic carbocycles. The van der Waals surface area contributed by atoms with Crippen LogP contribution < -0.4 is 10.1 Å². The Hall–Kier alpha value is -2.50. The molecule has 0 spiro atoms. The van der Waals surface area contributed by atoms with Gasteiger partial charge in [0, 0.05) is 21.9 Å². The van der Waals surface area contributed by atoms with Crippen LogP contribution in [0.5, 0.6) is 5.75 Å². The lowest BCUT2D eigenvalue weighted by molar-refractivity contribution is 0.102. The van der Waals surface area contributed by atoms with Crippen molar-refractivity contribution in [3.63, 3.8) is 0 Å². The summed E-state index contributed by atoms with van der Waals surface area (Å²) in [5.74, 6) is 0.374. The predicted molar refractivity (Wildman–Crippen MR) is 103 cm³/mol. The molecular weight excluding hydrogens is 373 g/mol. The molecule has 1 heterocycles. The maximum atomic E-state index is 12.4. The smallest absolute Gasteiger partial charge is 0.276 e. The van der Waals surface area contributed by atoms with E-state index in [1.807, 2.05) is 19.9 Å². The van der Waals surface area contributed by atoms with Crippen LogP contribution in [-0.2, 0) is 6.73 Å². The highest BCUT2D eigenvalue weighted by atomic mass is 35.5. The van der Waals surface area contributed by atoms with Crippen LogP contribution in [0.15, 0.2) is 48.7 Å². The van der Waals surface area contributed by atoms with E-state index >= 15 is 0 Å². The van der Waals surface area contributed by atoms with Crippen LogP contribution >= 0.6 is 23.2 Å². The molecule has 7 heteroatoms. The van der Waals surface area contributed by atoms with Gasteiger partial charge in [-0.15, -0.1) is 0 Å². The van der Waals surface area contributed by atoms with Crippen LogP contribution in [0.25, 0.3) is 0 Å². The van der Waals surface area contributed by atoms with Gasteiger partial charge in [-0.3, -0.25) is 4.79 Å². The molecule has 0 unspecified atom stereocenters. The Morgan fingerprint density at radius 1 is 1.15 bits per heavy atom. The number of aromatic nitrogens is 2. The summed E-state index contributed by atoms with van der Waals surface area (Å²) < 4.78 is 7.21. The second kappa shape index (κ2) is 7.81. The van der Waals surface area contributed by atoms with Crippen molar-refractivity contribution < 1.29 is 9.53 Å². The van der Waals surface area contributed by atoms with Crippen molar-refractivity contribution in [3.8, 4) is 5.75 Å². The summed E-state index contributed by atoms with van der Waals surface area (Å²) in [6, 6.07) is 12.4.